The Bertz CT molecular complexity index is 565. The molecular weight excluding hydrogens is 228 g/mol. The van der Waals surface area contributed by atoms with Gasteiger partial charge in [-0.05, 0) is 32.0 Å². The van der Waals surface area contributed by atoms with Crippen LogP contribution in [0.4, 0.5) is 11.6 Å². The number of rotatable bonds is 1. The zero-order valence-electron chi connectivity index (χ0n) is 10.7. The topological polar surface area (TPSA) is 67.2 Å². The minimum atomic E-state index is 0.236. The first kappa shape index (κ1) is 11.3. The van der Waals surface area contributed by atoms with Crippen LogP contribution in [0.2, 0.25) is 0 Å². The third-order valence-electron chi connectivity index (χ3n) is 3.37. The second-order valence-corrected chi connectivity index (χ2v) is 4.98. The Balaban J connectivity index is 1.97. The van der Waals surface area contributed by atoms with E-state index in [0.717, 1.165) is 35.8 Å². The second-order valence-electron chi connectivity index (χ2n) is 4.98. The first-order chi connectivity index (χ1) is 8.63. The van der Waals surface area contributed by atoms with Gasteiger partial charge in [-0.25, -0.2) is 4.98 Å². The maximum Gasteiger partial charge on any atom is 0.204 e. The predicted octanol–water partition coefficient (Wildman–Crippen LogP) is 1.76. The van der Waals surface area contributed by atoms with Gasteiger partial charge in [0, 0.05) is 12.2 Å². The summed E-state index contributed by atoms with van der Waals surface area (Å²) in [4.78, 5) is 10.2. The van der Waals surface area contributed by atoms with Crippen LogP contribution >= 0.6 is 0 Å². The van der Waals surface area contributed by atoms with Gasteiger partial charge in [0.2, 0.25) is 5.95 Å². The van der Waals surface area contributed by atoms with E-state index in [9.17, 15) is 0 Å². The van der Waals surface area contributed by atoms with Crippen LogP contribution in [0, 0.1) is 0 Å². The molecule has 2 heterocycles. The van der Waals surface area contributed by atoms with Crippen molar-refractivity contribution < 1.29 is 4.74 Å². The Morgan fingerprint density at radius 2 is 2.28 bits per heavy atom. The minimum Gasteiger partial charge on any atom is -0.399 e. The molecule has 3 N–H and O–H groups in total. The summed E-state index contributed by atoms with van der Waals surface area (Å²) in [6, 6.07) is 6.07. The van der Waals surface area contributed by atoms with Gasteiger partial charge in [0.05, 0.1) is 29.8 Å². The summed E-state index contributed by atoms with van der Waals surface area (Å²) in [7, 11) is 0. The fraction of sp³-hybridized carbons (Fsp3) is 0.462. The van der Waals surface area contributed by atoms with Crippen molar-refractivity contribution in [1.29, 1.82) is 0 Å². The molecule has 0 bridgehead atoms. The van der Waals surface area contributed by atoms with E-state index in [2.05, 4.69) is 28.7 Å². The summed E-state index contributed by atoms with van der Waals surface area (Å²) in [6.07, 6.45) is 0.236. The van der Waals surface area contributed by atoms with Crippen molar-refractivity contribution in [3.8, 4) is 0 Å². The second kappa shape index (κ2) is 4.17. The molecule has 0 aliphatic carbocycles. The fourth-order valence-electron chi connectivity index (χ4n) is 2.35. The van der Waals surface area contributed by atoms with E-state index in [4.69, 9.17) is 10.5 Å². The zero-order chi connectivity index (χ0) is 12.7. The van der Waals surface area contributed by atoms with Crippen LogP contribution in [0.1, 0.15) is 13.8 Å². The highest BCUT2D eigenvalue weighted by molar-refractivity contribution is 5.80. The van der Waals surface area contributed by atoms with Gasteiger partial charge in [0.15, 0.2) is 0 Å². The number of nitrogens with two attached hydrogens (primary N) is 1. The summed E-state index contributed by atoms with van der Waals surface area (Å²) in [6.45, 7) is 5.82. The van der Waals surface area contributed by atoms with E-state index in [-0.39, 0.29) is 6.10 Å². The smallest absolute Gasteiger partial charge is 0.204 e. The first-order valence-electron chi connectivity index (χ1n) is 6.27. The van der Waals surface area contributed by atoms with Gasteiger partial charge in [0.25, 0.3) is 0 Å². The van der Waals surface area contributed by atoms with E-state index in [1.807, 2.05) is 18.2 Å². The average molecular weight is 246 g/mol. The number of nitrogens with zero attached hydrogens (tertiary/aromatic N) is 2. The lowest BCUT2D eigenvalue weighted by atomic mass is 10.2. The van der Waals surface area contributed by atoms with E-state index in [1.165, 1.54) is 0 Å². The molecule has 2 atom stereocenters. The fourth-order valence-corrected chi connectivity index (χ4v) is 2.35. The Hall–Kier alpha value is -1.75. The Kier molecular flexibility index (Phi) is 2.63. The third kappa shape index (κ3) is 1.90. The molecular formula is C13H18N4O. The summed E-state index contributed by atoms with van der Waals surface area (Å²) in [5.41, 5.74) is 8.46. The summed E-state index contributed by atoms with van der Waals surface area (Å²) >= 11 is 0. The standard InChI is InChI=1S/C13H18N4O/c1-8-7-18-9(2)6-17(8)13-15-11-4-3-10(14)5-12(11)16-13/h3-5,8-9H,6-7,14H2,1-2H3,(H,15,16). The monoisotopic (exact) mass is 246 g/mol. The number of nitrogen functional groups attached to an aromatic ring is 1. The van der Waals surface area contributed by atoms with Gasteiger partial charge in [-0.15, -0.1) is 0 Å². The number of hydrogen-bond donors (Lipinski definition) is 2. The number of aromatic amines is 1. The maximum atomic E-state index is 5.78. The number of hydrogen-bond acceptors (Lipinski definition) is 4. The van der Waals surface area contributed by atoms with Crippen molar-refractivity contribution in [3.63, 3.8) is 0 Å². The molecule has 1 fully saturated rings. The number of anilines is 2. The van der Waals surface area contributed by atoms with Crippen molar-refractivity contribution in [2.24, 2.45) is 0 Å². The molecule has 1 aromatic carbocycles. The van der Waals surface area contributed by atoms with E-state index < -0.39 is 0 Å². The number of imidazole rings is 1. The molecule has 0 spiro atoms. The van der Waals surface area contributed by atoms with Gasteiger partial charge in [-0.1, -0.05) is 0 Å². The highest BCUT2D eigenvalue weighted by atomic mass is 16.5. The summed E-state index contributed by atoms with van der Waals surface area (Å²) in [5, 5.41) is 0. The molecule has 1 saturated heterocycles. The van der Waals surface area contributed by atoms with Crippen LogP contribution in [0.5, 0.6) is 0 Å². The van der Waals surface area contributed by atoms with Crippen LogP contribution in [0.3, 0.4) is 0 Å². The highest BCUT2D eigenvalue weighted by Crippen LogP contribution is 2.23. The Morgan fingerprint density at radius 3 is 3.11 bits per heavy atom. The molecule has 0 amide bonds. The molecule has 1 aromatic heterocycles. The summed E-state index contributed by atoms with van der Waals surface area (Å²) < 4.78 is 5.63. The maximum absolute atomic E-state index is 5.78. The molecule has 3 rings (SSSR count). The van der Waals surface area contributed by atoms with Gasteiger partial charge in [-0.3, -0.25) is 0 Å². The average Bonchev–Trinajstić information content (AvgIpc) is 2.74. The predicted molar refractivity (Wildman–Crippen MR) is 72.7 cm³/mol. The number of benzene rings is 1. The third-order valence-corrected chi connectivity index (χ3v) is 3.37. The SMILES string of the molecule is CC1CN(c2nc3ccc(N)cc3[nH]2)C(C)CO1. The van der Waals surface area contributed by atoms with Crippen LogP contribution in [-0.2, 0) is 4.74 Å². The van der Waals surface area contributed by atoms with Crippen molar-refractivity contribution >= 4 is 22.7 Å². The van der Waals surface area contributed by atoms with Crippen molar-refractivity contribution in [1.82, 2.24) is 9.97 Å². The van der Waals surface area contributed by atoms with Gasteiger partial charge >= 0.3 is 0 Å². The van der Waals surface area contributed by atoms with Gasteiger partial charge in [0.1, 0.15) is 0 Å². The number of aromatic nitrogens is 2. The zero-order valence-corrected chi connectivity index (χ0v) is 10.7. The molecule has 18 heavy (non-hydrogen) atoms. The minimum absolute atomic E-state index is 0.236. The molecule has 5 heteroatoms. The van der Waals surface area contributed by atoms with E-state index in [0.29, 0.717) is 6.04 Å². The molecule has 1 aliphatic rings. The first-order valence-corrected chi connectivity index (χ1v) is 6.27. The molecule has 5 nitrogen and oxygen atoms in total. The lowest BCUT2D eigenvalue weighted by molar-refractivity contribution is 0.0338. The van der Waals surface area contributed by atoms with Gasteiger partial charge in [-0.2, -0.15) is 0 Å². The highest BCUT2D eigenvalue weighted by Gasteiger charge is 2.25. The lowest BCUT2D eigenvalue weighted by Gasteiger charge is -2.36. The molecule has 96 valence electrons. The summed E-state index contributed by atoms with van der Waals surface area (Å²) in [5.74, 6) is 0.901. The number of fused-ring (bicyclic) bond motifs is 1. The Labute approximate surface area is 106 Å². The molecule has 0 saturated carbocycles. The normalized spacial score (nSPS) is 24.7. The number of nitrogens with one attached hydrogen (secondary N) is 1. The van der Waals surface area contributed by atoms with Crippen LogP contribution < -0.4 is 10.6 Å². The van der Waals surface area contributed by atoms with Gasteiger partial charge < -0.3 is 20.4 Å². The number of ether oxygens (including phenoxy) is 1. The van der Waals surface area contributed by atoms with Crippen LogP contribution in [0.15, 0.2) is 18.2 Å². The van der Waals surface area contributed by atoms with Crippen molar-refractivity contribution in [3.05, 3.63) is 18.2 Å². The number of H-pyrrole nitrogens is 1. The van der Waals surface area contributed by atoms with Crippen molar-refractivity contribution in [2.75, 3.05) is 23.8 Å². The van der Waals surface area contributed by atoms with Crippen molar-refractivity contribution in [2.45, 2.75) is 26.0 Å². The molecule has 1 aliphatic heterocycles. The van der Waals surface area contributed by atoms with Crippen LogP contribution in [0.25, 0.3) is 11.0 Å². The van der Waals surface area contributed by atoms with E-state index in [1.54, 1.807) is 0 Å². The van der Waals surface area contributed by atoms with Crippen LogP contribution in [-0.4, -0.2) is 35.3 Å². The molecule has 2 aromatic rings. The number of morpholine rings is 1. The van der Waals surface area contributed by atoms with E-state index >= 15 is 0 Å². The largest absolute Gasteiger partial charge is 0.399 e. The Morgan fingerprint density at radius 1 is 1.44 bits per heavy atom. The quantitative estimate of drug-likeness (QED) is 0.752. The molecule has 2 unspecified atom stereocenters. The lowest BCUT2D eigenvalue weighted by Crippen LogP contribution is -2.47. The molecule has 0 radical (unpaired) electrons.